The van der Waals surface area contributed by atoms with Crippen molar-refractivity contribution >= 4 is 46.4 Å². The van der Waals surface area contributed by atoms with Gasteiger partial charge in [0.1, 0.15) is 28.2 Å². The Kier molecular flexibility index (Phi) is 9.05. The van der Waals surface area contributed by atoms with Gasteiger partial charge in [-0.1, -0.05) is 66.2 Å². The number of benzene rings is 4. The fourth-order valence-electron chi connectivity index (χ4n) is 4.63. The second-order valence-electron chi connectivity index (χ2n) is 8.78. The molecule has 0 bridgehead atoms. The average molecular weight is 532 g/mol. The molecule has 5 nitrogen and oxygen atoms in total. The summed E-state index contributed by atoms with van der Waals surface area (Å²) in [6, 6.07) is 36.5. The first-order chi connectivity index (χ1) is 18.0. The van der Waals surface area contributed by atoms with Crippen molar-refractivity contribution in [2.45, 2.75) is 19.3 Å². The number of rotatable bonds is 11. The van der Waals surface area contributed by atoms with Crippen LogP contribution < -0.4 is 21.2 Å². The van der Waals surface area contributed by atoms with Gasteiger partial charge in [-0.15, -0.1) is 0 Å². The minimum Gasteiger partial charge on any atom is -0.352 e. The van der Waals surface area contributed by atoms with E-state index in [0.717, 1.165) is 25.4 Å². The second kappa shape index (κ2) is 12.6. The highest BCUT2D eigenvalue weighted by Crippen LogP contribution is 2.55. The van der Waals surface area contributed by atoms with E-state index >= 15 is 0 Å². The lowest BCUT2D eigenvalue weighted by Crippen LogP contribution is -2.33. The maximum absolute atomic E-state index is 12.5. The standard InChI is InChI=1S/C30H28ClN2O3P/c31-28-20-19-24(23-29(28)33(35)36)30(34)32-21-11-4-12-22-37(25-13-5-1-6-14-25,26-15-7-2-8-16-26)27-17-9-3-10-18-27/h1-3,5-10,13-20,23H,4,11-12,21-22H2/p+1. The van der Waals surface area contributed by atoms with E-state index in [1.165, 1.54) is 34.1 Å². The van der Waals surface area contributed by atoms with E-state index in [0.29, 0.717) is 6.54 Å². The molecule has 0 aliphatic heterocycles. The van der Waals surface area contributed by atoms with E-state index in [-0.39, 0.29) is 22.2 Å². The maximum atomic E-state index is 12.5. The number of nitro benzene ring substituents is 1. The van der Waals surface area contributed by atoms with Gasteiger partial charge in [-0.05, 0) is 67.8 Å². The van der Waals surface area contributed by atoms with Crippen LogP contribution in [0.2, 0.25) is 5.02 Å². The van der Waals surface area contributed by atoms with Crippen LogP contribution in [0.4, 0.5) is 5.69 Å². The molecule has 4 aromatic rings. The molecule has 0 aliphatic rings. The number of carbonyl (C=O) groups excluding carboxylic acids is 1. The maximum Gasteiger partial charge on any atom is 0.288 e. The summed E-state index contributed by atoms with van der Waals surface area (Å²) in [5, 5.41) is 18.1. The first-order valence-corrected chi connectivity index (χ1v) is 14.6. The van der Waals surface area contributed by atoms with Gasteiger partial charge < -0.3 is 5.32 Å². The van der Waals surface area contributed by atoms with Crippen LogP contribution in [0.15, 0.2) is 109 Å². The van der Waals surface area contributed by atoms with Crippen molar-refractivity contribution in [1.29, 1.82) is 0 Å². The number of nitrogens with one attached hydrogen (secondary N) is 1. The zero-order valence-electron chi connectivity index (χ0n) is 20.4. The molecule has 7 heteroatoms. The number of halogens is 1. The number of unbranched alkanes of at least 4 members (excludes halogenated alkanes) is 2. The molecule has 0 saturated carbocycles. The van der Waals surface area contributed by atoms with Crippen LogP contribution in [0, 0.1) is 10.1 Å². The lowest BCUT2D eigenvalue weighted by atomic mass is 10.2. The molecule has 0 spiro atoms. The fourth-order valence-corrected chi connectivity index (χ4v) is 9.23. The lowest BCUT2D eigenvalue weighted by molar-refractivity contribution is -0.384. The van der Waals surface area contributed by atoms with Crippen LogP contribution in [0.5, 0.6) is 0 Å². The molecule has 4 rings (SSSR count). The van der Waals surface area contributed by atoms with Gasteiger partial charge >= 0.3 is 0 Å². The van der Waals surface area contributed by atoms with Crippen LogP contribution in [0.25, 0.3) is 0 Å². The van der Waals surface area contributed by atoms with Gasteiger partial charge in [0.2, 0.25) is 0 Å². The summed E-state index contributed by atoms with van der Waals surface area (Å²) in [6.07, 6.45) is 3.81. The zero-order chi connectivity index (χ0) is 26.1. The van der Waals surface area contributed by atoms with Gasteiger partial charge in [0.25, 0.3) is 11.6 Å². The van der Waals surface area contributed by atoms with Crippen molar-refractivity contribution in [3.63, 3.8) is 0 Å². The van der Waals surface area contributed by atoms with Crippen molar-refractivity contribution in [3.8, 4) is 0 Å². The summed E-state index contributed by atoms with van der Waals surface area (Å²) < 4.78 is 0. The predicted octanol–water partition coefficient (Wildman–Crippen LogP) is 6.14. The molecule has 0 atom stereocenters. The van der Waals surface area contributed by atoms with Crippen LogP contribution in [0.1, 0.15) is 29.6 Å². The summed E-state index contributed by atoms with van der Waals surface area (Å²) >= 11 is 5.86. The number of carbonyl (C=O) groups is 1. The SMILES string of the molecule is O=C(NCCCCC[P+](c1ccccc1)(c1ccccc1)c1ccccc1)c1ccc(Cl)c([N+](=O)[O-])c1. The first kappa shape index (κ1) is 26.5. The highest BCUT2D eigenvalue weighted by atomic mass is 35.5. The largest absolute Gasteiger partial charge is 0.352 e. The van der Waals surface area contributed by atoms with Crippen molar-refractivity contribution in [2.75, 3.05) is 12.7 Å². The number of hydrogen-bond donors (Lipinski definition) is 1. The van der Waals surface area contributed by atoms with Crippen LogP contribution in [-0.4, -0.2) is 23.5 Å². The number of hydrogen-bond acceptors (Lipinski definition) is 3. The van der Waals surface area contributed by atoms with E-state index in [1.807, 2.05) is 0 Å². The van der Waals surface area contributed by atoms with Gasteiger partial charge in [0.15, 0.2) is 0 Å². The molecular formula is C30H29ClN2O3P+. The highest BCUT2D eigenvalue weighted by molar-refractivity contribution is 7.95. The average Bonchev–Trinajstić information content (AvgIpc) is 2.94. The summed E-state index contributed by atoms with van der Waals surface area (Å²) in [7, 11) is -1.85. The third-order valence-corrected chi connectivity index (χ3v) is 11.3. The van der Waals surface area contributed by atoms with E-state index in [2.05, 4.69) is 96.3 Å². The smallest absolute Gasteiger partial charge is 0.288 e. The highest BCUT2D eigenvalue weighted by Gasteiger charge is 2.44. The molecular weight excluding hydrogens is 503 g/mol. The normalized spacial score (nSPS) is 11.2. The Bertz CT molecular complexity index is 1240. The van der Waals surface area contributed by atoms with E-state index in [9.17, 15) is 14.9 Å². The molecule has 1 N–H and O–H groups in total. The third kappa shape index (κ3) is 6.25. The van der Waals surface area contributed by atoms with Crippen molar-refractivity contribution in [3.05, 3.63) is 130 Å². The first-order valence-electron chi connectivity index (χ1n) is 12.3. The quantitative estimate of drug-likeness (QED) is 0.109. The van der Waals surface area contributed by atoms with Gasteiger partial charge in [0.05, 0.1) is 11.1 Å². The summed E-state index contributed by atoms with van der Waals surface area (Å²) in [5.74, 6) is -0.334. The zero-order valence-corrected chi connectivity index (χ0v) is 22.1. The Morgan fingerprint density at radius 1 is 0.757 bits per heavy atom. The van der Waals surface area contributed by atoms with E-state index < -0.39 is 12.2 Å². The molecule has 0 radical (unpaired) electrons. The van der Waals surface area contributed by atoms with Crippen molar-refractivity contribution in [2.24, 2.45) is 0 Å². The number of amides is 1. The topological polar surface area (TPSA) is 72.2 Å². The van der Waals surface area contributed by atoms with Gasteiger partial charge in [-0.25, -0.2) is 0 Å². The van der Waals surface area contributed by atoms with E-state index in [4.69, 9.17) is 11.6 Å². The molecule has 0 aromatic heterocycles. The van der Waals surface area contributed by atoms with Crippen molar-refractivity contribution in [1.82, 2.24) is 5.32 Å². The lowest BCUT2D eigenvalue weighted by Gasteiger charge is -2.27. The summed E-state index contributed by atoms with van der Waals surface area (Å²) in [5.41, 5.74) is -0.0318. The minimum atomic E-state index is -1.85. The fraction of sp³-hybridized carbons (Fsp3) is 0.167. The molecule has 4 aromatic carbocycles. The summed E-state index contributed by atoms with van der Waals surface area (Å²) in [4.78, 5) is 23.0. The van der Waals surface area contributed by atoms with Crippen molar-refractivity contribution < 1.29 is 9.72 Å². The number of nitro groups is 1. The van der Waals surface area contributed by atoms with Gasteiger partial charge in [-0.3, -0.25) is 14.9 Å². The Labute approximate surface area is 223 Å². The number of nitrogens with zero attached hydrogens (tertiary/aromatic N) is 1. The molecule has 0 unspecified atom stereocenters. The molecule has 0 aliphatic carbocycles. The Hall–Kier alpha value is -3.53. The summed E-state index contributed by atoms with van der Waals surface area (Å²) in [6.45, 7) is 0.503. The minimum absolute atomic E-state index is 0.0172. The molecule has 0 saturated heterocycles. The van der Waals surface area contributed by atoms with Gasteiger partial charge in [-0.2, -0.15) is 0 Å². The van der Waals surface area contributed by atoms with Crippen LogP contribution in [0.3, 0.4) is 0 Å². The molecule has 37 heavy (non-hydrogen) atoms. The predicted molar refractivity (Wildman–Crippen MR) is 154 cm³/mol. The molecule has 1 amide bonds. The van der Waals surface area contributed by atoms with E-state index in [1.54, 1.807) is 0 Å². The molecule has 0 heterocycles. The Balaban J connectivity index is 1.44. The third-order valence-electron chi connectivity index (χ3n) is 6.45. The molecule has 188 valence electrons. The second-order valence-corrected chi connectivity index (χ2v) is 12.8. The molecule has 0 fully saturated rings. The van der Waals surface area contributed by atoms with Crippen LogP contribution >= 0.6 is 18.9 Å². The Morgan fingerprint density at radius 2 is 1.27 bits per heavy atom. The van der Waals surface area contributed by atoms with Crippen LogP contribution in [-0.2, 0) is 0 Å². The monoisotopic (exact) mass is 531 g/mol. The Morgan fingerprint density at radius 3 is 1.76 bits per heavy atom. The van der Waals surface area contributed by atoms with Gasteiger partial charge in [0, 0.05) is 18.2 Å².